The van der Waals surface area contributed by atoms with Gasteiger partial charge in [-0.3, -0.25) is 0 Å². The molecule has 0 aliphatic heterocycles. The molecule has 21 heavy (non-hydrogen) atoms. The molecular formula is C17H27NO3. The van der Waals surface area contributed by atoms with Gasteiger partial charge in [0.15, 0.2) is 6.10 Å². The predicted molar refractivity (Wildman–Crippen MR) is 84.4 cm³/mol. The maximum absolute atomic E-state index is 11.8. The zero-order valence-corrected chi connectivity index (χ0v) is 13.7. The molecule has 0 aliphatic rings. The molecule has 1 atom stereocenters. The highest BCUT2D eigenvalue weighted by molar-refractivity contribution is 5.75. The molecule has 1 N–H and O–H groups in total. The van der Waals surface area contributed by atoms with Crippen molar-refractivity contribution < 1.29 is 14.3 Å². The van der Waals surface area contributed by atoms with Crippen LogP contribution >= 0.6 is 0 Å². The van der Waals surface area contributed by atoms with Gasteiger partial charge in [0.2, 0.25) is 0 Å². The first kappa shape index (κ1) is 17.5. The highest BCUT2D eigenvalue weighted by Gasteiger charge is 2.21. The molecule has 118 valence electrons. The monoisotopic (exact) mass is 293 g/mol. The number of hydrogen-bond acceptors (Lipinski definition) is 4. The maximum atomic E-state index is 11.8. The topological polar surface area (TPSA) is 47.6 Å². The van der Waals surface area contributed by atoms with Crippen molar-refractivity contribution in [3.63, 3.8) is 0 Å². The summed E-state index contributed by atoms with van der Waals surface area (Å²) in [6.07, 6.45) is 0.0283. The van der Waals surface area contributed by atoms with Gasteiger partial charge in [-0.25, -0.2) is 4.79 Å². The van der Waals surface area contributed by atoms with Gasteiger partial charge in [0, 0.05) is 17.6 Å². The molecule has 0 saturated carbocycles. The first-order valence-corrected chi connectivity index (χ1v) is 7.53. The van der Waals surface area contributed by atoms with E-state index in [1.807, 2.05) is 31.2 Å². The molecule has 1 unspecified atom stereocenters. The lowest BCUT2D eigenvalue weighted by Crippen LogP contribution is -2.35. The van der Waals surface area contributed by atoms with Gasteiger partial charge in [-0.1, -0.05) is 25.1 Å². The number of benzene rings is 1. The highest BCUT2D eigenvalue weighted by atomic mass is 16.6. The van der Waals surface area contributed by atoms with E-state index in [4.69, 9.17) is 9.47 Å². The Morgan fingerprint density at radius 2 is 1.90 bits per heavy atom. The van der Waals surface area contributed by atoms with Crippen molar-refractivity contribution in [1.29, 1.82) is 0 Å². The molecular weight excluding hydrogens is 266 g/mol. The Morgan fingerprint density at radius 1 is 1.24 bits per heavy atom. The third kappa shape index (κ3) is 6.17. The largest absolute Gasteiger partial charge is 0.478 e. The standard InChI is InChI=1S/C17H27NO3/c1-6-14(16(19)20-7-2)21-15-11-9-8-10-13(15)12-18-17(3,4)5/h8-11,14,18H,6-7,12H2,1-5H3. The smallest absolute Gasteiger partial charge is 0.347 e. The van der Waals surface area contributed by atoms with Crippen LogP contribution in [-0.2, 0) is 16.1 Å². The summed E-state index contributed by atoms with van der Waals surface area (Å²) in [5.74, 6) is 0.424. The van der Waals surface area contributed by atoms with Gasteiger partial charge in [-0.2, -0.15) is 0 Å². The van der Waals surface area contributed by atoms with E-state index in [2.05, 4.69) is 26.1 Å². The van der Waals surface area contributed by atoms with Gasteiger partial charge < -0.3 is 14.8 Å². The van der Waals surface area contributed by atoms with Crippen molar-refractivity contribution in [3.8, 4) is 5.75 Å². The molecule has 4 heteroatoms. The Balaban J connectivity index is 2.80. The summed E-state index contributed by atoms with van der Waals surface area (Å²) in [5.41, 5.74) is 1.06. The van der Waals surface area contributed by atoms with Crippen molar-refractivity contribution in [1.82, 2.24) is 5.32 Å². The van der Waals surface area contributed by atoms with E-state index in [1.165, 1.54) is 0 Å². The Morgan fingerprint density at radius 3 is 2.48 bits per heavy atom. The molecule has 4 nitrogen and oxygen atoms in total. The van der Waals surface area contributed by atoms with Crippen molar-refractivity contribution in [3.05, 3.63) is 29.8 Å². The van der Waals surface area contributed by atoms with Crippen molar-refractivity contribution in [2.45, 2.75) is 59.2 Å². The lowest BCUT2D eigenvalue weighted by atomic mass is 10.1. The van der Waals surface area contributed by atoms with Crippen LogP contribution in [0.2, 0.25) is 0 Å². The second-order valence-electron chi connectivity index (χ2n) is 5.98. The first-order chi connectivity index (χ1) is 9.87. The van der Waals surface area contributed by atoms with Crippen LogP contribution in [0.4, 0.5) is 0 Å². The molecule has 0 spiro atoms. The Hall–Kier alpha value is -1.55. The summed E-state index contributed by atoms with van der Waals surface area (Å²) in [5, 5.41) is 3.43. The fourth-order valence-corrected chi connectivity index (χ4v) is 1.81. The number of nitrogens with one attached hydrogen (secondary N) is 1. The third-order valence-corrected chi connectivity index (χ3v) is 2.97. The molecule has 0 aliphatic carbocycles. The fraction of sp³-hybridized carbons (Fsp3) is 0.588. The Kier molecular flexibility index (Phi) is 6.69. The van der Waals surface area contributed by atoms with E-state index in [0.29, 0.717) is 19.6 Å². The summed E-state index contributed by atoms with van der Waals surface area (Å²) in [4.78, 5) is 11.8. The van der Waals surface area contributed by atoms with Crippen molar-refractivity contribution >= 4 is 5.97 Å². The van der Waals surface area contributed by atoms with E-state index in [0.717, 1.165) is 11.3 Å². The van der Waals surface area contributed by atoms with E-state index in [-0.39, 0.29) is 11.5 Å². The molecule has 0 radical (unpaired) electrons. The van der Waals surface area contributed by atoms with E-state index < -0.39 is 6.10 Å². The lowest BCUT2D eigenvalue weighted by Gasteiger charge is -2.23. The maximum Gasteiger partial charge on any atom is 0.347 e. The fourth-order valence-electron chi connectivity index (χ4n) is 1.81. The van der Waals surface area contributed by atoms with Gasteiger partial charge in [0.05, 0.1) is 6.61 Å². The molecule has 0 saturated heterocycles. The van der Waals surface area contributed by atoms with Gasteiger partial charge in [0.1, 0.15) is 5.75 Å². The molecule has 1 aromatic rings. The minimum atomic E-state index is -0.555. The van der Waals surface area contributed by atoms with Crippen LogP contribution in [0, 0.1) is 0 Å². The SMILES string of the molecule is CCOC(=O)C(CC)Oc1ccccc1CNC(C)(C)C. The number of ether oxygens (including phenoxy) is 2. The van der Waals surface area contributed by atoms with Crippen LogP contribution in [0.3, 0.4) is 0 Å². The van der Waals surface area contributed by atoms with Crippen LogP contribution in [0.25, 0.3) is 0 Å². The quantitative estimate of drug-likeness (QED) is 0.784. The zero-order valence-electron chi connectivity index (χ0n) is 13.7. The number of para-hydroxylation sites is 1. The zero-order chi connectivity index (χ0) is 15.9. The average molecular weight is 293 g/mol. The second-order valence-corrected chi connectivity index (χ2v) is 5.98. The predicted octanol–water partition coefficient (Wildman–Crippen LogP) is 3.30. The van der Waals surface area contributed by atoms with Crippen LogP contribution in [0.15, 0.2) is 24.3 Å². The third-order valence-electron chi connectivity index (χ3n) is 2.97. The van der Waals surface area contributed by atoms with Crippen molar-refractivity contribution in [2.75, 3.05) is 6.61 Å². The summed E-state index contributed by atoms with van der Waals surface area (Å²) in [7, 11) is 0. The Bertz CT molecular complexity index is 452. The molecule has 0 heterocycles. The van der Waals surface area contributed by atoms with E-state index in [9.17, 15) is 4.79 Å². The molecule has 0 fully saturated rings. The number of esters is 1. The van der Waals surface area contributed by atoms with Crippen LogP contribution in [0.5, 0.6) is 5.75 Å². The molecule has 1 rings (SSSR count). The average Bonchev–Trinajstić information content (AvgIpc) is 2.42. The van der Waals surface area contributed by atoms with Crippen LogP contribution in [0.1, 0.15) is 46.6 Å². The lowest BCUT2D eigenvalue weighted by molar-refractivity contribution is -0.151. The Labute approximate surface area is 127 Å². The van der Waals surface area contributed by atoms with Crippen molar-refractivity contribution in [2.24, 2.45) is 0 Å². The highest BCUT2D eigenvalue weighted by Crippen LogP contribution is 2.21. The second kappa shape index (κ2) is 8.03. The minimum absolute atomic E-state index is 0.0262. The van der Waals surface area contributed by atoms with E-state index in [1.54, 1.807) is 6.92 Å². The molecule has 0 bridgehead atoms. The molecule has 0 aromatic heterocycles. The summed E-state index contributed by atoms with van der Waals surface area (Å²) in [6.45, 7) is 11.1. The van der Waals surface area contributed by atoms with Gasteiger partial charge in [0.25, 0.3) is 0 Å². The van der Waals surface area contributed by atoms with Gasteiger partial charge >= 0.3 is 5.97 Å². The summed E-state index contributed by atoms with van der Waals surface area (Å²) < 4.78 is 10.9. The first-order valence-electron chi connectivity index (χ1n) is 7.53. The number of rotatable bonds is 7. The number of hydrogen-bond donors (Lipinski definition) is 1. The van der Waals surface area contributed by atoms with Gasteiger partial charge in [-0.15, -0.1) is 0 Å². The van der Waals surface area contributed by atoms with E-state index >= 15 is 0 Å². The molecule has 1 aromatic carbocycles. The summed E-state index contributed by atoms with van der Waals surface area (Å²) >= 11 is 0. The van der Waals surface area contributed by atoms with Crippen LogP contribution in [-0.4, -0.2) is 24.2 Å². The minimum Gasteiger partial charge on any atom is -0.478 e. The molecule has 0 amide bonds. The van der Waals surface area contributed by atoms with Crippen LogP contribution < -0.4 is 10.1 Å². The number of carbonyl (C=O) groups excluding carboxylic acids is 1. The summed E-state index contributed by atoms with van der Waals surface area (Å²) in [6, 6.07) is 7.78. The number of carbonyl (C=O) groups is 1. The van der Waals surface area contributed by atoms with Gasteiger partial charge in [-0.05, 0) is 40.2 Å². The normalized spacial score (nSPS) is 12.8.